The van der Waals surface area contributed by atoms with Gasteiger partial charge in [0.2, 0.25) is 0 Å². The average molecular weight is 294 g/mol. The molecular weight excluding hydrogens is 268 g/mol. The lowest BCUT2D eigenvalue weighted by Gasteiger charge is -2.36. The van der Waals surface area contributed by atoms with E-state index in [0.29, 0.717) is 4.75 Å². The highest BCUT2D eigenvalue weighted by molar-refractivity contribution is 8.00. The van der Waals surface area contributed by atoms with Gasteiger partial charge in [0.1, 0.15) is 17.5 Å². The van der Waals surface area contributed by atoms with Crippen molar-refractivity contribution in [3.63, 3.8) is 0 Å². The molecule has 1 heterocycles. The summed E-state index contributed by atoms with van der Waals surface area (Å²) in [6.45, 7) is 5.90. The van der Waals surface area contributed by atoms with Crippen molar-refractivity contribution in [2.45, 2.75) is 50.7 Å². The smallest absolute Gasteiger partial charge is 0.131 e. The summed E-state index contributed by atoms with van der Waals surface area (Å²) < 4.78 is 0.384. The molecule has 1 fully saturated rings. The number of hydrogen-bond donors (Lipinski definition) is 2. The van der Waals surface area contributed by atoms with Gasteiger partial charge in [0.25, 0.3) is 0 Å². The van der Waals surface area contributed by atoms with Gasteiger partial charge in [-0.25, -0.2) is 9.97 Å². The highest BCUT2D eigenvalue weighted by atomic mass is 32.2. The number of nitrogens with zero attached hydrogens (tertiary/aromatic N) is 2. The summed E-state index contributed by atoms with van der Waals surface area (Å²) in [6, 6.07) is 2.01. The molecule has 0 atom stereocenters. The number of nitrogens with one attached hydrogen (secondary N) is 2. The molecule has 2 N–H and O–H groups in total. The van der Waals surface area contributed by atoms with Crippen LogP contribution >= 0.6 is 11.8 Å². The van der Waals surface area contributed by atoms with E-state index in [4.69, 9.17) is 0 Å². The largest absolute Gasteiger partial charge is 0.370 e. The SMILES string of the molecule is CCNc1cc(NCC2(SC)CCCCC2)nc(C)n1. The van der Waals surface area contributed by atoms with Crippen molar-refractivity contribution in [2.75, 3.05) is 30.0 Å². The number of rotatable bonds is 6. The fourth-order valence-corrected chi connectivity index (χ4v) is 3.74. The Bertz CT molecular complexity index is 430. The van der Waals surface area contributed by atoms with Gasteiger partial charge < -0.3 is 10.6 Å². The number of thioether (sulfide) groups is 1. The van der Waals surface area contributed by atoms with Gasteiger partial charge in [-0.15, -0.1) is 0 Å². The highest BCUT2D eigenvalue weighted by Gasteiger charge is 2.30. The topological polar surface area (TPSA) is 49.8 Å². The summed E-state index contributed by atoms with van der Waals surface area (Å²) in [4.78, 5) is 8.88. The third-order valence-electron chi connectivity index (χ3n) is 3.99. The Labute approximate surface area is 126 Å². The number of aromatic nitrogens is 2. The van der Waals surface area contributed by atoms with E-state index in [9.17, 15) is 0 Å². The standard InChI is InChI=1S/C15H26N4S/c1-4-16-13-10-14(19-12(2)18-13)17-11-15(20-3)8-6-5-7-9-15/h10H,4-9,11H2,1-3H3,(H2,16,17,18,19). The normalized spacial score (nSPS) is 17.8. The molecule has 0 aromatic carbocycles. The maximum atomic E-state index is 4.49. The number of aryl methyl sites for hydroxylation is 1. The third kappa shape index (κ3) is 4.01. The van der Waals surface area contributed by atoms with Crippen LogP contribution in [0, 0.1) is 6.92 Å². The van der Waals surface area contributed by atoms with Crippen molar-refractivity contribution in [1.82, 2.24) is 9.97 Å². The van der Waals surface area contributed by atoms with E-state index >= 15 is 0 Å². The van der Waals surface area contributed by atoms with Gasteiger partial charge in [-0.05, 0) is 32.9 Å². The maximum absolute atomic E-state index is 4.49. The molecule has 1 aliphatic carbocycles. The van der Waals surface area contributed by atoms with Crippen LogP contribution in [0.15, 0.2) is 6.07 Å². The summed E-state index contributed by atoms with van der Waals surface area (Å²) in [7, 11) is 0. The van der Waals surface area contributed by atoms with E-state index in [0.717, 1.165) is 30.5 Å². The minimum absolute atomic E-state index is 0.384. The lowest BCUT2D eigenvalue weighted by atomic mass is 9.88. The zero-order chi connectivity index (χ0) is 14.4. The lowest BCUT2D eigenvalue weighted by Crippen LogP contribution is -2.35. The molecule has 0 bridgehead atoms. The predicted octanol–water partition coefficient (Wildman–Crippen LogP) is 3.69. The molecule has 1 aliphatic rings. The second-order valence-corrected chi connectivity index (χ2v) is 6.79. The van der Waals surface area contributed by atoms with E-state index in [1.54, 1.807) is 0 Å². The second-order valence-electron chi connectivity index (χ2n) is 5.52. The summed E-state index contributed by atoms with van der Waals surface area (Å²) >= 11 is 2.01. The quantitative estimate of drug-likeness (QED) is 0.838. The molecule has 20 heavy (non-hydrogen) atoms. The molecule has 4 nitrogen and oxygen atoms in total. The zero-order valence-corrected chi connectivity index (χ0v) is 13.6. The monoisotopic (exact) mass is 294 g/mol. The minimum Gasteiger partial charge on any atom is -0.370 e. The molecule has 1 aromatic rings. The predicted molar refractivity (Wildman–Crippen MR) is 88.8 cm³/mol. The Morgan fingerprint density at radius 1 is 1.15 bits per heavy atom. The molecule has 0 aliphatic heterocycles. The summed E-state index contributed by atoms with van der Waals surface area (Å²) in [6.07, 6.45) is 8.96. The van der Waals surface area contributed by atoms with Gasteiger partial charge in [-0.1, -0.05) is 19.3 Å². The van der Waals surface area contributed by atoms with Crippen LogP contribution in [0.4, 0.5) is 11.6 Å². The van der Waals surface area contributed by atoms with E-state index in [1.807, 2.05) is 24.8 Å². The molecule has 5 heteroatoms. The van der Waals surface area contributed by atoms with Crippen molar-refractivity contribution < 1.29 is 0 Å². The van der Waals surface area contributed by atoms with Crippen LogP contribution in [0.25, 0.3) is 0 Å². The lowest BCUT2D eigenvalue weighted by molar-refractivity contribution is 0.411. The number of anilines is 2. The van der Waals surface area contributed by atoms with Crippen LogP contribution in [-0.4, -0.2) is 34.1 Å². The van der Waals surface area contributed by atoms with Crippen molar-refractivity contribution in [3.8, 4) is 0 Å². The van der Waals surface area contributed by atoms with Crippen LogP contribution in [0.2, 0.25) is 0 Å². The van der Waals surface area contributed by atoms with Gasteiger partial charge >= 0.3 is 0 Å². The van der Waals surface area contributed by atoms with Crippen molar-refractivity contribution in [1.29, 1.82) is 0 Å². The van der Waals surface area contributed by atoms with Crippen molar-refractivity contribution in [3.05, 3.63) is 11.9 Å². The zero-order valence-electron chi connectivity index (χ0n) is 12.8. The molecule has 0 unspecified atom stereocenters. The van der Waals surface area contributed by atoms with Crippen LogP contribution < -0.4 is 10.6 Å². The molecule has 0 spiro atoms. The third-order valence-corrected chi connectivity index (χ3v) is 5.40. The van der Waals surface area contributed by atoms with Crippen molar-refractivity contribution >= 4 is 23.4 Å². The molecule has 0 amide bonds. The Morgan fingerprint density at radius 2 is 1.80 bits per heavy atom. The summed E-state index contributed by atoms with van der Waals surface area (Å²) in [5.74, 6) is 2.66. The molecule has 1 aromatic heterocycles. The minimum atomic E-state index is 0.384. The Hall–Kier alpha value is -0.970. The first kappa shape index (κ1) is 15.4. The molecule has 0 radical (unpaired) electrons. The first-order valence-corrected chi connectivity index (χ1v) is 8.78. The van der Waals surface area contributed by atoms with Gasteiger partial charge in [-0.2, -0.15) is 11.8 Å². The Kier molecular flexibility index (Phi) is 5.52. The van der Waals surface area contributed by atoms with Gasteiger partial charge in [0.05, 0.1) is 0 Å². The van der Waals surface area contributed by atoms with Crippen LogP contribution in [0.5, 0.6) is 0 Å². The van der Waals surface area contributed by atoms with Crippen LogP contribution in [0.1, 0.15) is 44.9 Å². The van der Waals surface area contributed by atoms with Gasteiger partial charge in [0, 0.05) is 23.9 Å². The number of hydrogen-bond acceptors (Lipinski definition) is 5. The molecule has 112 valence electrons. The van der Waals surface area contributed by atoms with Crippen LogP contribution in [-0.2, 0) is 0 Å². The molecule has 1 saturated carbocycles. The van der Waals surface area contributed by atoms with E-state index in [-0.39, 0.29) is 0 Å². The molecule has 0 saturated heterocycles. The van der Waals surface area contributed by atoms with Crippen LogP contribution in [0.3, 0.4) is 0 Å². The average Bonchev–Trinajstić information content (AvgIpc) is 2.46. The highest BCUT2D eigenvalue weighted by Crippen LogP contribution is 2.38. The second kappa shape index (κ2) is 7.16. The van der Waals surface area contributed by atoms with E-state index in [1.165, 1.54) is 32.1 Å². The Balaban J connectivity index is 2.02. The van der Waals surface area contributed by atoms with Gasteiger partial charge in [-0.3, -0.25) is 0 Å². The first-order valence-electron chi connectivity index (χ1n) is 7.56. The van der Waals surface area contributed by atoms with Crippen molar-refractivity contribution in [2.24, 2.45) is 0 Å². The summed E-state index contributed by atoms with van der Waals surface area (Å²) in [5, 5.41) is 6.79. The summed E-state index contributed by atoms with van der Waals surface area (Å²) in [5.41, 5.74) is 0. The maximum Gasteiger partial charge on any atom is 0.131 e. The fraction of sp³-hybridized carbons (Fsp3) is 0.733. The Morgan fingerprint density at radius 3 is 2.40 bits per heavy atom. The van der Waals surface area contributed by atoms with E-state index in [2.05, 4.69) is 33.8 Å². The van der Waals surface area contributed by atoms with Gasteiger partial charge in [0.15, 0.2) is 0 Å². The van der Waals surface area contributed by atoms with E-state index < -0.39 is 0 Å². The molecule has 2 rings (SSSR count). The first-order chi connectivity index (χ1) is 9.67. The fourth-order valence-electron chi connectivity index (χ4n) is 2.83. The molecular formula is C15H26N4S.